The molecule has 2 N–H and O–H groups in total. The van der Waals surface area contributed by atoms with E-state index in [9.17, 15) is 13.5 Å². The third-order valence-corrected chi connectivity index (χ3v) is 5.88. The quantitative estimate of drug-likeness (QED) is 0.691. The summed E-state index contributed by atoms with van der Waals surface area (Å²) in [5.41, 5.74) is 0.743. The molecule has 1 fully saturated rings. The minimum Gasteiger partial charge on any atom is -0.390 e. The smallest absolute Gasteiger partial charge is 0.240 e. The number of benzene rings is 1. The maximum Gasteiger partial charge on any atom is 0.240 e. The van der Waals surface area contributed by atoms with Gasteiger partial charge in [-0.15, -0.1) is 0 Å². The Morgan fingerprint density at radius 1 is 1.30 bits per heavy atom. The molecule has 2 heterocycles. The van der Waals surface area contributed by atoms with Gasteiger partial charge in [-0.2, -0.15) is 0 Å². The van der Waals surface area contributed by atoms with Crippen LogP contribution in [0.25, 0.3) is 0 Å². The Balaban J connectivity index is 1.57. The molecule has 1 aromatic heterocycles. The van der Waals surface area contributed by atoms with Gasteiger partial charge in [-0.05, 0) is 25.0 Å². The number of ether oxygens (including phenoxy) is 2. The average molecular weight is 396 g/mol. The van der Waals surface area contributed by atoms with Gasteiger partial charge in [0, 0.05) is 26.1 Å². The van der Waals surface area contributed by atoms with Crippen LogP contribution in [0.1, 0.15) is 24.3 Å². The van der Waals surface area contributed by atoms with Crippen molar-refractivity contribution < 1.29 is 27.5 Å². The molecule has 0 radical (unpaired) electrons. The van der Waals surface area contributed by atoms with Crippen LogP contribution in [0, 0.1) is 0 Å². The highest BCUT2D eigenvalue weighted by atomic mass is 32.2. The zero-order valence-corrected chi connectivity index (χ0v) is 15.9. The minimum absolute atomic E-state index is 0.00261. The van der Waals surface area contributed by atoms with Crippen LogP contribution in [-0.2, 0) is 32.5 Å². The maximum absolute atomic E-state index is 12.3. The lowest BCUT2D eigenvalue weighted by atomic mass is 9.98. The number of nitrogens with zero attached hydrogens (tertiary/aromatic N) is 1. The highest BCUT2D eigenvalue weighted by molar-refractivity contribution is 7.89. The van der Waals surface area contributed by atoms with Crippen molar-refractivity contribution in [3.8, 4) is 0 Å². The third kappa shape index (κ3) is 5.36. The fourth-order valence-corrected chi connectivity index (χ4v) is 4.12. The van der Waals surface area contributed by atoms with Crippen LogP contribution >= 0.6 is 0 Å². The molecule has 0 amide bonds. The van der Waals surface area contributed by atoms with Crippen molar-refractivity contribution in [2.24, 2.45) is 0 Å². The molecule has 1 aliphatic rings. The molecule has 1 saturated heterocycles. The first-order valence-corrected chi connectivity index (χ1v) is 10.3. The second kappa shape index (κ2) is 8.94. The number of aromatic nitrogens is 1. The standard InChI is InChI=1S/C18H24N2O6S/c1-24-12-15-10-13(20-26-15)9-14-7-8-17(21)18(25-14)11-19-27(22,23)16-5-3-2-4-6-16/h2-6,10,14,17-19,21H,7-9,11-12H2,1H3/t14-,17-,18+/m0/s1. The number of aliphatic hydroxyl groups is 1. The molecular weight excluding hydrogens is 372 g/mol. The van der Waals surface area contributed by atoms with Crippen molar-refractivity contribution in [3.05, 3.63) is 47.9 Å². The summed E-state index contributed by atoms with van der Waals surface area (Å²) in [5.74, 6) is 0.635. The summed E-state index contributed by atoms with van der Waals surface area (Å²) < 4.78 is 43.3. The van der Waals surface area contributed by atoms with E-state index in [4.69, 9.17) is 14.0 Å². The van der Waals surface area contributed by atoms with E-state index in [0.29, 0.717) is 31.6 Å². The average Bonchev–Trinajstić information content (AvgIpc) is 3.10. The topological polar surface area (TPSA) is 111 Å². The number of hydrogen-bond acceptors (Lipinski definition) is 7. The maximum atomic E-state index is 12.3. The molecule has 2 aromatic rings. The SMILES string of the molecule is COCc1cc(C[C@@H]2CC[C@H](O)[C@@H](CNS(=O)(=O)c3ccccc3)O2)no1. The molecule has 0 aliphatic carbocycles. The number of sulfonamides is 1. The largest absolute Gasteiger partial charge is 0.390 e. The van der Waals surface area contributed by atoms with E-state index in [1.165, 1.54) is 12.1 Å². The molecule has 1 aromatic carbocycles. The van der Waals surface area contributed by atoms with Crippen LogP contribution in [0.5, 0.6) is 0 Å². The van der Waals surface area contributed by atoms with Gasteiger partial charge >= 0.3 is 0 Å². The Bertz CT molecular complexity index is 823. The highest BCUT2D eigenvalue weighted by Gasteiger charge is 2.31. The van der Waals surface area contributed by atoms with E-state index in [0.717, 1.165) is 5.69 Å². The molecule has 3 rings (SSSR count). The predicted molar refractivity (Wildman–Crippen MR) is 96.5 cm³/mol. The van der Waals surface area contributed by atoms with Gasteiger partial charge in [0.1, 0.15) is 6.61 Å². The summed E-state index contributed by atoms with van der Waals surface area (Å²) in [5, 5.41) is 14.2. The van der Waals surface area contributed by atoms with Gasteiger partial charge in [0.15, 0.2) is 5.76 Å². The summed E-state index contributed by atoms with van der Waals surface area (Å²) >= 11 is 0. The Morgan fingerprint density at radius 2 is 2.07 bits per heavy atom. The summed E-state index contributed by atoms with van der Waals surface area (Å²) in [6.45, 7) is 0.351. The first kappa shape index (κ1) is 20.0. The number of methoxy groups -OCH3 is 1. The van der Waals surface area contributed by atoms with Crippen LogP contribution in [-0.4, -0.2) is 50.6 Å². The summed E-state index contributed by atoms with van der Waals surface area (Å²) in [4.78, 5) is 0.181. The van der Waals surface area contributed by atoms with E-state index in [2.05, 4.69) is 9.88 Å². The molecule has 0 spiro atoms. The molecule has 27 heavy (non-hydrogen) atoms. The molecule has 3 atom stereocenters. The fourth-order valence-electron chi connectivity index (χ4n) is 3.05. The van der Waals surface area contributed by atoms with Crippen LogP contribution in [0.3, 0.4) is 0 Å². The molecule has 9 heteroatoms. The first-order valence-electron chi connectivity index (χ1n) is 8.79. The van der Waals surface area contributed by atoms with E-state index in [1.807, 2.05) is 6.07 Å². The third-order valence-electron chi connectivity index (χ3n) is 4.44. The van der Waals surface area contributed by atoms with E-state index >= 15 is 0 Å². The van der Waals surface area contributed by atoms with Crippen LogP contribution < -0.4 is 4.72 Å². The lowest BCUT2D eigenvalue weighted by molar-refractivity contribution is -0.113. The van der Waals surface area contributed by atoms with Gasteiger partial charge in [-0.25, -0.2) is 13.1 Å². The zero-order chi connectivity index (χ0) is 19.3. The number of rotatable bonds is 8. The van der Waals surface area contributed by atoms with Gasteiger partial charge in [-0.1, -0.05) is 23.4 Å². The minimum atomic E-state index is -3.64. The Kier molecular flexibility index (Phi) is 6.61. The van der Waals surface area contributed by atoms with Crippen molar-refractivity contribution in [1.29, 1.82) is 0 Å². The van der Waals surface area contributed by atoms with Gasteiger partial charge in [0.25, 0.3) is 0 Å². The predicted octanol–water partition coefficient (Wildman–Crippen LogP) is 1.25. The second-order valence-electron chi connectivity index (χ2n) is 6.53. The van der Waals surface area contributed by atoms with Crippen molar-refractivity contribution in [2.45, 2.75) is 49.1 Å². The Hall–Kier alpha value is -1.78. The zero-order valence-electron chi connectivity index (χ0n) is 15.1. The number of nitrogens with one attached hydrogen (secondary N) is 1. The summed E-state index contributed by atoms with van der Waals surface area (Å²) in [6, 6.07) is 9.92. The van der Waals surface area contributed by atoms with Crippen LogP contribution in [0.15, 0.2) is 45.8 Å². The van der Waals surface area contributed by atoms with E-state index < -0.39 is 22.2 Å². The van der Waals surface area contributed by atoms with Gasteiger partial charge in [0.2, 0.25) is 10.0 Å². The molecule has 148 valence electrons. The normalized spacial score (nSPS) is 23.4. The molecule has 8 nitrogen and oxygen atoms in total. The first-order chi connectivity index (χ1) is 13.0. The van der Waals surface area contributed by atoms with E-state index in [1.54, 1.807) is 25.3 Å². The fraction of sp³-hybridized carbons (Fsp3) is 0.500. The summed E-state index contributed by atoms with van der Waals surface area (Å²) in [6.07, 6.45) is 0.219. The van der Waals surface area contributed by atoms with Gasteiger partial charge < -0.3 is 19.1 Å². The van der Waals surface area contributed by atoms with Crippen molar-refractivity contribution >= 4 is 10.0 Å². The molecule has 0 bridgehead atoms. The van der Waals surface area contributed by atoms with Crippen molar-refractivity contribution in [1.82, 2.24) is 9.88 Å². The summed E-state index contributed by atoms with van der Waals surface area (Å²) in [7, 11) is -2.07. The second-order valence-corrected chi connectivity index (χ2v) is 8.29. The van der Waals surface area contributed by atoms with E-state index in [-0.39, 0.29) is 17.5 Å². The van der Waals surface area contributed by atoms with Crippen molar-refractivity contribution in [3.63, 3.8) is 0 Å². The van der Waals surface area contributed by atoms with Crippen molar-refractivity contribution in [2.75, 3.05) is 13.7 Å². The molecule has 0 saturated carbocycles. The molecular formula is C18H24N2O6S. The van der Waals surface area contributed by atoms with Gasteiger partial charge in [0.05, 0.1) is 28.9 Å². The van der Waals surface area contributed by atoms with Crippen LogP contribution in [0.2, 0.25) is 0 Å². The Labute approximate surface area is 158 Å². The molecule has 0 unspecified atom stereocenters. The molecule has 1 aliphatic heterocycles. The lowest BCUT2D eigenvalue weighted by Gasteiger charge is -2.33. The number of aliphatic hydroxyl groups excluding tert-OH is 1. The number of hydrogen-bond donors (Lipinski definition) is 2. The van der Waals surface area contributed by atoms with Crippen LogP contribution in [0.4, 0.5) is 0 Å². The monoisotopic (exact) mass is 396 g/mol. The van der Waals surface area contributed by atoms with Gasteiger partial charge in [-0.3, -0.25) is 0 Å². The Morgan fingerprint density at radius 3 is 2.81 bits per heavy atom. The highest BCUT2D eigenvalue weighted by Crippen LogP contribution is 2.23. The lowest BCUT2D eigenvalue weighted by Crippen LogP contribution is -2.46.